The first kappa shape index (κ1) is 24.4. The molecule has 0 aromatic carbocycles. The first-order chi connectivity index (χ1) is 18.0. The Balaban J connectivity index is 1.48. The van der Waals surface area contributed by atoms with Crippen LogP contribution in [0.15, 0.2) is 9.32 Å². The van der Waals surface area contributed by atoms with Gasteiger partial charge in [0.2, 0.25) is 17.6 Å². The van der Waals surface area contributed by atoms with Gasteiger partial charge < -0.3 is 14.8 Å². The monoisotopic (exact) mass is 512 g/mol. The van der Waals surface area contributed by atoms with Gasteiger partial charge in [-0.2, -0.15) is 4.98 Å². The Labute approximate surface area is 215 Å². The third kappa shape index (κ3) is 4.72. The molecular weight excluding hydrogens is 475 g/mol. The highest BCUT2D eigenvalue weighted by molar-refractivity contribution is 5.87. The molecule has 11 heteroatoms. The molecular formula is C26H37FN8O2. The topological polar surface area (TPSA) is 118 Å². The maximum atomic E-state index is 14.0. The number of halogens is 1. The number of hydrogen-bond acceptors (Lipinski definition) is 8. The molecule has 0 unspecified atom stereocenters. The number of anilines is 2. The molecule has 3 aliphatic rings. The van der Waals surface area contributed by atoms with Crippen molar-refractivity contribution in [2.24, 2.45) is 17.8 Å². The fourth-order valence-corrected chi connectivity index (χ4v) is 6.25. The quantitative estimate of drug-likeness (QED) is 0.452. The van der Waals surface area contributed by atoms with Gasteiger partial charge in [-0.25, -0.2) is 19.2 Å². The smallest absolute Gasteiger partial charge is 0.365 e. The number of fused-ring (bicyclic) bond motifs is 1. The number of rotatable bonds is 8. The van der Waals surface area contributed by atoms with Crippen molar-refractivity contribution >= 4 is 22.9 Å². The van der Waals surface area contributed by atoms with Crippen LogP contribution in [0.1, 0.15) is 71.6 Å². The number of alkyl halides is 1. The van der Waals surface area contributed by atoms with Crippen molar-refractivity contribution < 1.29 is 8.91 Å². The minimum absolute atomic E-state index is 0.173. The molecule has 37 heavy (non-hydrogen) atoms. The van der Waals surface area contributed by atoms with Crippen LogP contribution in [-0.2, 0) is 6.54 Å². The summed E-state index contributed by atoms with van der Waals surface area (Å²) in [5, 5.41) is 7.48. The number of nitrogens with one attached hydrogen (secondary N) is 2. The Bertz CT molecular complexity index is 1290. The van der Waals surface area contributed by atoms with E-state index < -0.39 is 12.4 Å². The van der Waals surface area contributed by atoms with Crippen LogP contribution in [-0.4, -0.2) is 55.0 Å². The molecule has 4 heterocycles. The fourth-order valence-electron chi connectivity index (χ4n) is 6.25. The second-order valence-electron chi connectivity index (χ2n) is 11.4. The molecule has 0 radical (unpaired) electrons. The van der Waals surface area contributed by atoms with E-state index in [-0.39, 0.29) is 23.7 Å². The number of imidazole rings is 1. The molecule has 2 N–H and O–H groups in total. The summed E-state index contributed by atoms with van der Waals surface area (Å²) in [6.45, 7) is 5.71. The Morgan fingerprint density at radius 1 is 1.11 bits per heavy atom. The second-order valence-corrected chi connectivity index (χ2v) is 11.4. The molecule has 2 saturated carbocycles. The lowest BCUT2D eigenvalue weighted by atomic mass is 9.80. The lowest BCUT2D eigenvalue weighted by Gasteiger charge is -2.32. The predicted octanol–water partition coefficient (Wildman–Crippen LogP) is 4.53. The van der Waals surface area contributed by atoms with Gasteiger partial charge in [-0.05, 0) is 63.2 Å². The van der Waals surface area contributed by atoms with Crippen molar-refractivity contribution in [3.05, 3.63) is 10.6 Å². The van der Waals surface area contributed by atoms with E-state index in [4.69, 9.17) is 19.5 Å². The zero-order valence-corrected chi connectivity index (χ0v) is 21.7. The highest BCUT2D eigenvalue weighted by Crippen LogP contribution is 2.37. The van der Waals surface area contributed by atoms with E-state index in [0.717, 1.165) is 43.3 Å². The maximum absolute atomic E-state index is 14.0. The zero-order chi connectivity index (χ0) is 25.5. The average molecular weight is 513 g/mol. The molecule has 200 valence electrons. The summed E-state index contributed by atoms with van der Waals surface area (Å²) in [6.07, 6.45) is 10.2. The molecule has 2 aliphatic carbocycles. The molecule has 3 fully saturated rings. The van der Waals surface area contributed by atoms with Gasteiger partial charge in [-0.15, -0.1) is 0 Å². The normalized spacial score (nSPS) is 25.5. The molecule has 10 nitrogen and oxygen atoms in total. The second kappa shape index (κ2) is 10.1. The van der Waals surface area contributed by atoms with Crippen LogP contribution in [0.3, 0.4) is 0 Å². The molecule has 3 aromatic rings. The minimum Gasteiger partial charge on any atom is -0.365 e. The highest BCUT2D eigenvalue weighted by Gasteiger charge is 2.33. The first-order valence-electron chi connectivity index (χ1n) is 13.9. The van der Waals surface area contributed by atoms with Gasteiger partial charge in [0, 0.05) is 19.1 Å². The third-order valence-corrected chi connectivity index (χ3v) is 8.84. The Kier molecular flexibility index (Phi) is 6.62. The summed E-state index contributed by atoms with van der Waals surface area (Å²) in [7, 11) is 0. The van der Waals surface area contributed by atoms with Crippen LogP contribution >= 0.6 is 0 Å². The van der Waals surface area contributed by atoms with E-state index in [1.807, 2.05) is 0 Å². The van der Waals surface area contributed by atoms with E-state index in [2.05, 4.69) is 38.8 Å². The highest BCUT2D eigenvalue weighted by atomic mass is 19.1. The van der Waals surface area contributed by atoms with Crippen molar-refractivity contribution in [2.45, 2.75) is 90.3 Å². The number of hydrogen-bond donors (Lipinski definition) is 2. The molecule has 1 saturated heterocycles. The van der Waals surface area contributed by atoms with Gasteiger partial charge in [0.1, 0.15) is 12.2 Å². The average Bonchev–Trinajstić information content (AvgIpc) is 3.57. The number of aromatic nitrogens is 6. The lowest BCUT2D eigenvalue weighted by Crippen LogP contribution is -2.34. The van der Waals surface area contributed by atoms with Gasteiger partial charge in [0.05, 0.1) is 6.04 Å². The largest absolute Gasteiger partial charge is 0.439 e. The van der Waals surface area contributed by atoms with E-state index >= 15 is 0 Å². The number of H-pyrrole nitrogens is 1. The fraction of sp³-hybridized carbons (Fsp3) is 0.731. The van der Waals surface area contributed by atoms with E-state index in [0.29, 0.717) is 23.3 Å². The predicted molar refractivity (Wildman–Crippen MR) is 139 cm³/mol. The lowest BCUT2D eigenvalue weighted by molar-refractivity contribution is 0.266. The van der Waals surface area contributed by atoms with Crippen molar-refractivity contribution in [1.82, 2.24) is 29.7 Å². The van der Waals surface area contributed by atoms with Gasteiger partial charge in [-0.1, -0.05) is 31.3 Å². The molecule has 0 bridgehead atoms. The Morgan fingerprint density at radius 3 is 2.59 bits per heavy atom. The molecule has 3 aromatic heterocycles. The summed E-state index contributed by atoms with van der Waals surface area (Å²) in [5.41, 5.74) is 1.37. The van der Waals surface area contributed by atoms with Crippen molar-refractivity contribution in [2.75, 3.05) is 23.4 Å². The van der Waals surface area contributed by atoms with E-state index in [1.165, 1.54) is 44.9 Å². The minimum atomic E-state index is -0.656. The Hall–Kier alpha value is -2.98. The number of nitrogens with zero attached hydrogens (tertiary/aromatic N) is 6. The summed E-state index contributed by atoms with van der Waals surface area (Å²) in [6, 6.07) is 0.0512. The van der Waals surface area contributed by atoms with Gasteiger partial charge in [-0.3, -0.25) is 9.51 Å². The molecule has 2 atom stereocenters. The summed E-state index contributed by atoms with van der Waals surface area (Å²) < 4.78 is 21.0. The third-order valence-electron chi connectivity index (χ3n) is 8.84. The van der Waals surface area contributed by atoms with E-state index in [1.54, 1.807) is 0 Å². The summed E-state index contributed by atoms with van der Waals surface area (Å²) >= 11 is 0. The standard InChI is InChI=1S/C26H37FN8O2/c1-15-8-10-17(11-9-15)14-35-20-21(28-16(2)18-5-3-6-18)29-23(24-32-26(36)37-33-24)30-22(20)31-25(35)34-12-4-7-19(34)13-27/h15-19H,3-14H2,1-2H3,(H,28,29,30)(H,32,33,36)/t15-,16-,17-,19+/m1/s1. The Morgan fingerprint density at radius 2 is 1.92 bits per heavy atom. The van der Waals surface area contributed by atoms with E-state index in [9.17, 15) is 9.18 Å². The van der Waals surface area contributed by atoms with Gasteiger partial charge >= 0.3 is 5.76 Å². The molecule has 0 spiro atoms. The van der Waals surface area contributed by atoms with Gasteiger partial charge in [0.15, 0.2) is 11.5 Å². The van der Waals surface area contributed by atoms with Gasteiger partial charge in [0.25, 0.3) is 0 Å². The van der Waals surface area contributed by atoms with Crippen molar-refractivity contribution in [3.8, 4) is 11.6 Å². The van der Waals surface area contributed by atoms with Crippen LogP contribution in [0.2, 0.25) is 0 Å². The van der Waals surface area contributed by atoms with Crippen LogP contribution < -0.4 is 16.0 Å². The van der Waals surface area contributed by atoms with Crippen molar-refractivity contribution in [1.29, 1.82) is 0 Å². The van der Waals surface area contributed by atoms with Crippen LogP contribution in [0, 0.1) is 17.8 Å². The van der Waals surface area contributed by atoms with Crippen LogP contribution in [0.5, 0.6) is 0 Å². The number of aromatic amines is 1. The summed E-state index contributed by atoms with van der Waals surface area (Å²) in [5.74, 6) is 3.11. The van der Waals surface area contributed by atoms with Crippen LogP contribution in [0.25, 0.3) is 22.8 Å². The van der Waals surface area contributed by atoms with Crippen molar-refractivity contribution in [3.63, 3.8) is 0 Å². The SMILES string of the molecule is C[C@@H](Nc1nc(-c2noc(=O)[nH]2)nc2nc(N3CCC[C@H]3CF)n(C[C@H]3CC[C@H](C)CC3)c12)C1CCC1. The molecule has 1 aliphatic heterocycles. The molecule has 0 amide bonds. The van der Waals surface area contributed by atoms with Crippen LogP contribution in [0.4, 0.5) is 16.2 Å². The summed E-state index contributed by atoms with van der Waals surface area (Å²) in [4.78, 5) is 30.9. The zero-order valence-electron chi connectivity index (χ0n) is 21.7. The maximum Gasteiger partial charge on any atom is 0.439 e. The first-order valence-corrected chi connectivity index (χ1v) is 13.9. The molecule has 6 rings (SSSR count).